The van der Waals surface area contributed by atoms with Crippen LogP contribution in [0.25, 0.3) is 0 Å². The molecule has 2 rings (SSSR count). The molecule has 0 aromatic rings. The van der Waals surface area contributed by atoms with Crippen LogP contribution in [0.5, 0.6) is 0 Å². The standard InChI is InChI=1S/C12H21NO/c1-8(13-14)9-7-12(4)6-5-10(9)11(12,2)3/h9-10,14H,5-7H2,1-4H3/b13-8-/t9-,10+,12-/m1/s1. The molecule has 0 unspecified atom stereocenters. The van der Waals surface area contributed by atoms with Gasteiger partial charge >= 0.3 is 0 Å². The molecule has 0 aromatic heterocycles. The van der Waals surface area contributed by atoms with E-state index in [0.717, 1.165) is 11.6 Å². The lowest BCUT2D eigenvalue weighted by atomic mass is 9.71. The fraction of sp³-hybridized carbons (Fsp3) is 0.917. The van der Waals surface area contributed by atoms with Crippen molar-refractivity contribution in [1.82, 2.24) is 0 Å². The number of fused-ring (bicyclic) bond motifs is 2. The number of hydrogen-bond acceptors (Lipinski definition) is 2. The maximum Gasteiger partial charge on any atom is 0.0574 e. The monoisotopic (exact) mass is 195 g/mol. The first-order chi connectivity index (χ1) is 6.42. The number of rotatable bonds is 1. The number of oxime groups is 1. The van der Waals surface area contributed by atoms with Gasteiger partial charge in [-0.05, 0) is 42.9 Å². The minimum absolute atomic E-state index is 0.420. The summed E-state index contributed by atoms with van der Waals surface area (Å²) in [7, 11) is 0. The van der Waals surface area contributed by atoms with Crippen molar-refractivity contribution in [3.8, 4) is 0 Å². The maximum atomic E-state index is 8.87. The second kappa shape index (κ2) is 2.74. The Hall–Kier alpha value is -0.530. The van der Waals surface area contributed by atoms with Gasteiger partial charge in [-0.3, -0.25) is 0 Å². The van der Waals surface area contributed by atoms with Crippen LogP contribution in [0.4, 0.5) is 0 Å². The Morgan fingerprint density at radius 2 is 2.00 bits per heavy atom. The zero-order valence-corrected chi connectivity index (χ0v) is 9.67. The molecule has 0 spiro atoms. The molecule has 2 fully saturated rings. The number of hydrogen-bond donors (Lipinski definition) is 1. The van der Waals surface area contributed by atoms with Crippen LogP contribution in [0.3, 0.4) is 0 Å². The average Bonchev–Trinajstić information content (AvgIpc) is 2.47. The second-order valence-electron chi connectivity index (χ2n) is 5.98. The van der Waals surface area contributed by atoms with E-state index in [-0.39, 0.29) is 0 Å². The van der Waals surface area contributed by atoms with Crippen LogP contribution in [0.2, 0.25) is 0 Å². The van der Waals surface area contributed by atoms with Gasteiger partial charge in [-0.2, -0.15) is 0 Å². The van der Waals surface area contributed by atoms with Gasteiger partial charge in [-0.1, -0.05) is 25.9 Å². The zero-order valence-electron chi connectivity index (χ0n) is 9.67. The molecule has 0 heterocycles. The summed E-state index contributed by atoms with van der Waals surface area (Å²) in [6.45, 7) is 9.13. The van der Waals surface area contributed by atoms with Crippen molar-refractivity contribution in [3.05, 3.63) is 0 Å². The molecular formula is C12H21NO. The molecule has 2 aliphatic rings. The van der Waals surface area contributed by atoms with E-state index in [4.69, 9.17) is 5.21 Å². The summed E-state index contributed by atoms with van der Waals surface area (Å²) in [4.78, 5) is 0. The second-order valence-corrected chi connectivity index (χ2v) is 5.98. The fourth-order valence-corrected chi connectivity index (χ4v) is 3.81. The Kier molecular flexibility index (Phi) is 1.96. The first-order valence-corrected chi connectivity index (χ1v) is 5.61. The summed E-state index contributed by atoms with van der Waals surface area (Å²) < 4.78 is 0. The van der Waals surface area contributed by atoms with Gasteiger partial charge in [0.2, 0.25) is 0 Å². The SMILES string of the molecule is C/C(=N/O)[C@H]1C[C@@]2(C)CC[C@@H]1C2(C)C. The van der Waals surface area contributed by atoms with Crippen LogP contribution in [0, 0.1) is 22.7 Å². The van der Waals surface area contributed by atoms with Crippen LogP contribution in [0.1, 0.15) is 47.0 Å². The van der Waals surface area contributed by atoms with Crippen LogP contribution in [-0.2, 0) is 0 Å². The highest BCUT2D eigenvalue weighted by Crippen LogP contribution is 2.67. The molecule has 80 valence electrons. The molecule has 3 atom stereocenters. The van der Waals surface area contributed by atoms with Crippen molar-refractivity contribution < 1.29 is 5.21 Å². The number of nitrogens with zero attached hydrogens (tertiary/aromatic N) is 1. The van der Waals surface area contributed by atoms with Crippen LogP contribution in [-0.4, -0.2) is 10.9 Å². The molecule has 0 radical (unpaired) electrons. The minimum Gasteiger partial charge on any atom is -0.411 e. The Bertz CT molecular complexity index is 279. The predicted octanol–water partition coefficient (Wildman–Crippen LogP) is 3.30. The summed E-state index contributed by atoms with van der Waals surface area (Å²) in [6.07, 6.45) is 3.86. The topological polar surface area (TPSA) is 32.6 Å². The van der Waals surface area contributed by atoms with Gasteiger partial charge in [0.25, 0.3) is 0 Å². The van der Waals surface area contributed by atoms with Gasteiger partial charge in [0.1, 0.15) is 0 Å². The highest BCUT2D eigenvalue weighted by atomic mass is 16.4. The van der Waals surface area contributed by atoms with Crippen molar-refractivity contribution in [2.24, 2.45) is 27.8 Å². The maximum absolute atomic E-state index is 8.87. The quantitative estimate of drug-likeness (QED) is 0.388. The predicted molar refractivity (Wildman–Crippen MR) is 57.6 cm³/mol. The van der Waals surface area contributed by atoms with E-state index in [1.165, 1.54) is 19.3 Å². The summed E-state index contributed by atoms with van der Waals surface area (Å²) in [5, 5.41) is 12.3. The normalized spacial score (nSPS) is 45.9. The molecule has 14 heavy (non-hydrogen) atoms. The van der Waals surface area contributed by atoms with Crippen molar-refractivity contribution in [2.75, 3.05) is 0 Å². The summed E-state index contributed by atoms with van der Waals surface area (Å²) in [5.74, 6) is 1.25. The van der Waals surface area contributed by atoms with Gasteiger partial charge in [-0.25, -0.2) is 0 Å². The molecule has 0 aliphatic heterocycles. The minimum atomic E-state index is 0.420. The summed E-state index contributed by atoms with van der Waals surface area (Å²) in [5.41, 5.74) is 1.82. The molecule has 2 heteroatoms. The summed E-state index contributed by atoms with van der Waals surface area (Å²) in [6, 6.07) is 0. The Morgan fingerprint density at radius 3 is 2.36 bits per heavy atom. The van der Waals surface area contributed by atoms with Gasteiger partial charge in [0.05, 0.1) is 5.71 Å². The molecule has 2 bridgehead atoms. The molecule has 2 aliphatic carbocycles. The van der Waals surface area contributed by atoms with Crippen LogP contribution in [0.15, 0.2) is 5.16 Å². The molecule has 2 nitrogen and oxygen atoms in total. The third-order valence-electron chi connectivity index (χ3n) is 5.34. The van der Waals surface area contributed by atoms with Gasteiger partial charge in [0, 0.05) is 5.92 Å². The van der Waals surface area contributed by atoms with E-state index in [0.29, 0.717) is 16.7 Å². The van der Waals surface area contributed by atoms with E-state index in [1.807, 2.05) is 6.92 Å². The lowest BCUT2D eigenvalue weighted by Crippen LogP contribution is -2.26. The van der Waals surface area contributed by atoms with Gasteiger partial charge in [-0.15, -0.1) is 0 Å². The first-order valence-electron chi connectivity index (χ1n) is 5.61. The molecule has 2 saturated carbocycles. The lowest BCUT2D eigenvalue weighted by molar-refractivity contribution is 0.152. The van der Waals surface area contributed by atoms with Crippen molar-refractivity contribution >= 4 is 5.71 Å². The molecule has 0 amide bonds. The molecular weight excluding hydrogens is 174 g/mol. The highest BCUT2D eigenvalue weighted by Gasteiger charge is 2.60. The lowest BCUT2D eigenvalue weighted by Gasteiger charge is -2.34. The van der Waals surface area contributed by atoms with E-state index in [2.05, 4.69) is 25.9 Å². The zero-order chi connectivity index (χ0) is 10.6. The average molecular weight is 195 g/mol. The van der Waals surface area contributed by atoms with E-state index < -0.39 is 0 Å². The summed E-state index contributed by atoms with van der Waals surface area (Å²) >= 11 is 0. The van der Waals surface area contributed by atoms with Crippen molar-refractivity contribution in [3.63, 3.8) is 0 Å². The van der Waals surface area contributed by atoms with Crippen molar-refractivity contribution in [2.45, 2.75) is 47.0 Å². The Morgan fingerprint density at radius 1 is 1.36 bits per heavy atom. The van der Waals surface area contributed by atoms with Crippen molar-refractivity contribution in [1.29, 1.82) is 0 Å². The third-order valence-corrected chi connectivity index (χ3v) is 5.34. The first kappa shape index (κ1) is 10.0. The van der Waals surface area contributed by atoms with Crippen LogP contribution >= 0.6 is 0 Å². The highest BCUT2D eigenvalue weighted by molar-refractivity contribution is 5.84. The molecule has 0 saturated heterocycles. The Balaban J connectivity index is 2.32. The van der Waals surface area contributed by atoms with Gasteiger partial charge < -0.3 is 5.21 Å². The largest absolute Gasteiger partial charge is 0.411 e. The third kappa shape index (κ3) is 0.999. The van der Waals surface area contributed by atoms with Gasteiger partial charge in [0.15, 0.2) is 0 Å². The Labute approximate surface area is 86.4 Å². The van der Waals surface area contributed by atoms with E-state index >= 15 is 0 Å². The molecule has 0 aromatic carbocycles. The van der Waals surface area contributed by atoms with Crippen LogP contribution < -0.4 is 0 Å². The smallest absolute Gasteiger partial charge is 0.0574 e. The fourth-order valence-electron chi connectivity index (χ4n) is 3.81. The van der Waals surface area contributed by atoms with E-state index in [1.54, 1.807) is 0 Å². The molecule has 1 N–H and O–H groups in total. The van der Waals surface area contributed by atoms with E-state index in [9.17, 15) is 0 Å².